The first-order valence-corrected chi connectivity index (χ1v) is 6.21. The second kappa shape index (κ2) is 8.30. The molecule has 0 bridgehead atoms. The molecular formula is C11H24N5O3+. The summed E-state index contributed by atoms with van der Waals surface area (Å²) in [6.07, 6.45) is 1.15. The Balaban J connectivity index is 4.18. The average Bonchev–Trinajstić information content (AvgIpc) is 2.29. The zero-order valence-corrected chi connectivity index (χ0v) is 11.4. The van der Waals surface area contributed by atoms with E-state index in [1.165, 1.54) is 0 Å². The normalized spacial score (nSPS) is 13.7. The summed E-state index contributed by atoms with van der Waals surface area (Å²) in [5.74, 6) is -1.80. The molecule has 0 fully saturated rings. The zero-order valence-electron chi connectivity index (χ0n) is 11.4. The number of nitrogens with two attached hydrogens (primary N) is 2. The summed E-state index contributed by atoms with van der Waals surface area (Å²) in [7, 11) is 0. The number of carboxylic acid groups (broad SMARTS) is 1. The topological polar surface area (TPSA) is 163 Å². The number of hydrogen-bond acceptors (Lipinski definition) is 3. The van der Waals surface area contributed by atoms with Gasteiger partial charge in [-0.15, -0.1) is 0 Å². The predicted octanol–water partition coefficient (Wildman–Crippen LogP) is -5.38. The van der Waals surface area contributed by atoms with Crippen molar-refractivity contribution in [2.75, 3.05) is 6.54 Å². The first kappa shape index (κ1) is 17.2. The molecule has 8 nitrogen and oxygen atoms in total. The van der Waals surface area contributed by atoms with E-state index in [1.54, 1.807) is 13.8 Å². The van der Waals surface area contributed by atoms with E-state index in [0.29, 0.717) is 19.4 Å². The summed E-state index contributed by atoms with van der Waals surface area (Å²) >= 11 is 0. The molecule has 0 aliphatic rings. The lowest BCUT2D eigenvalue weighted by Crippen LogP contribution is -2.78. The predicted molar refractivity (Wildman–Crippen MR) is 66.9 cm³/mol. The Bertz CT molecular complexity index is 339. The molecule has 0 spiro atoms. The van der Waals surface area contributed by atoms with Gasteiger partial charge in [0.15, 0.2) is 6.04 Å². The summed E-state index contributed by atoms with van der Waals surface area (Å²) < 4.78 is 0. The highest BCUT2D eigenvalue weighted by Crippen LogP contribution is 2.01. The average molecular weight is 274 g/mol. The zero-order chi connectivity index (χ0) is 15.0. The van der Waals surface area contributed by atoms with Crippen LogP contribution in [-0.4, -0.2) is 36.5 Å². The van der Waals surface area contributed by atoms with Gasteiger partial charge in [0.25, 0.3) is 5.91 Å². The van der Waals surface area contributed by atoms with Crippen molar-refractivity contribution in [2.24, 2.45) is 17.4 Å². The van der Waals surface area contributed by atoms with Crippen LogP contribution in [0.2, 0.25) is 0 Å². The van der Waals surface area contributed by atoms with E-state index >= 15 is 0 Å². The third-order valence-electron chi connectivity index (χ3n) is 2.65. The number of amides is 1. The molecule has 0 radical (unpaired) electrons. The number of hydrogen-bond donors (Lipinski definition) is 5. The third kappa shape index (κ3) is 7.24. The van der Waals surface area contributed by atoms with Gasteiger partial charge in [0.1, 0.15) is 0 Å². The summed E-state index contributed by atoms with van der Waals surface area (Å²) in [5.41, 5.74) is 14.1. The number of nitrogens with one attached hydrogen (secondary N) is 2. The van der Waals surface area contributed by atoms with E-state index in [0.717, 1.165) is 0 Å². The van der Waals surface area contributed by atoms with Gasteiger partial charge in [-0.25, -0.2) is 0 Å². The fourth-order valence-electron chi connectivity index (χ4n) is 1.48. The van der Waals surface area contributed by atoms with Crippen molar-refractivity contribution in [3.63, 3.8) is 0 Å². The van der Waals surface area contributed by atoms with Crippen LogP contribution in [-0.2, 0) is 9.59 Å². The van der Waals surface area contributed by atoms with Crippen LogP contribution in [0.3, 0.4) is 0 Å². The Morgan fingerprint density at radius 2 is 1.95 bits per heavy atom. The lowest BCUT2D eigenvalue weighted by molar-refractivity contribution is -0.463. The highest BCUT2D eigenvalue weighted by Gasteiger charge is 2.23. The molecule has 1 amide bonds. The molecule has 8 heteroatoms. The first-order valence-electron chi connectivity index (χ1n) is 6.21. The minimum atomic E-state index is -1.29. The van der Waals surface area contributed by atoms with Gasteiger partial charge in [-0.3, -0.25) is 21.3 Å². The number of aliphatic carboxylic acids is 1. The second-order valence-electron chi connectivity index (χ2n) is 4.77. The summed E-state index contributed by atoms with van der Waals surface area (Å²) in [6.45, 7) is 3.93. The molecule has 0 rings (SSSR count). The van der Waals surface area contributed by atoms with E-state index < -0.39 is 24.0 Å². The molecule has 0 aliphatic carbocycles. The fraction of sp³-hybridized carbons (Fsp3) is 0.727. The van der Waals surface area contributed by atoms with Gasteiger partial charge in [-0.2, -0.15) is 0 Å². The van der Waals surface area contributed by atoms with Crippen LogP contribution >= 0.6 is 0 Å². The Morgan fingerprint density at radius 1 is 1.37 bits per heavy atom. The molecular weight excluding hydrogens is 250 g/mol. The smallest absolute Gasteiger partial charge is 0.338 e. The van der Waals surface area contributed by atoms with Crippen molar-refractivity contribution in [1.29, 1.82) is 0 Å². The van der Waals surface area contributed by atoms with E-state index in [4.69, 9.17) is 11.5 Å². The van der Waals surface area contributed by atoms with Crippen molar-refractivity contribution in [1.82, 2.24) is 5.32 Å². The minimum absolute atomic E-state index is 0.127. The SMILES string of the molecule is CC(C)C(NC(=O)C([NH3+])CCC[NH+]=C(N)N)C(=O)[O-]. The van der Waals surface area contributed by atoms with Gasteiger partial charge >= 0.3 is 5.96 Å². The molecule has 110 valence electrons. The molecule has 0 saturated heterocycles. The molecule has 0 aromatic rings. The standard InChI is InChI=1S/C11H23N5O3/c1-6(2)8(10(18)19)16-9(17)7(12)4-3-5-15-11(13)14/h6-8H,3-5,12H2,1-2H3,(H,16,17)(H,18,19)(H4,13,14,15)/p+1. The molecule has 0 aromatic heterocycles. The molecule has 19 heavy (non-hydrogen) atoms. The van der Waals surface area contributed by atoms with Gasteiger partial charge in [-0.05, 0) is 12.3 Å². The monoisotopic (exact) mass is 274 g/mol. The number of quaternary nitrogens is 1. The van der Waals surface area contributed by atoms with Crippen LogP contribution in [0.15, 0.2) is 0 Å². The summed E-state index contributed by atoms with van der Waals surface area (Å²) in [5, 5.41) is 13.3. The minimum Gasteiger partial charge on any atom is -0.548 e. The van der Waals surface area contributed by atoms with E-state index in [1.807, 2.05) is 0 Å². The number of guanidine groups is 1. The lowest BCUT2D eigenvalue weighted by Gasteiger charge is -2.23. The molecule has 0 aromatic carbocycles. The third-order valence-corrected chi connectivity index (χ3v) is 2.65. The molecule has 0 heterocycles. The summed E-state index contributed by atoms with van der Waals surface area (Å²) in [4.78, 5) is 25.3. The molecule has 2 unspecified atom stereocenters. The lowest BCUT2D eigenvalue weighted by atomic mass is 10.0. The van der Waals surface area contributed by atoms with Gasteiger partial charge in [-0.1, -0.05) is 13.8 Å². The Morgan fingerprint density at radius 3 is 2.37 bits per heavy atom. The van der Waals surface area contributed by atoms with Crippen molar-refractivity contribution < 1.29 is 25.4 Å². The molecule has 0 aliphatic heterocycles. The second-order valence-corrected chi connectivity index (χ2v) is 4.77. The van der Waals surface area contributed by atoms with Crippen molar-refractivity contribution in [3.8, 4) is 0 Å². The van der Waals surface area contributed by atoms with Gasteiger partial charge in [0.2, 0.25) is 0 Å². The van der Waals surface area contributed by atoms with Gasteiger partial charge in [0, 0.05) is 6.42 Å². The van der Waals surface area contributed by atoms with Crippen LogP contribution in [0.1, 0.15) is 26.7 Å². The van der Waals surface area contributed by atoms with Crippen molar-refractivity contribution in [3.05, 3.63) is 0 Å². The molecule has 9 N–H and O–H groups in total. The fourth-order valence-corrected chi connectivity index (χ4v) is 1.48. The van der Waals surface area contributed by atoms with Crippen molar-refractivity contribution >= 4 is 17.8 Å². The number of carbonyl (C=O) groups excluding carboxylic acids is 2. The maximum atomic E-state index is 11.8. The number of carboxylic acids is 1. The maximum Gasteiger partial charge on any atom is 0.338 e. The van der Waals surface area contributed by atoms with Crippen LogP contribution in [0, 0.1) is 5.92 Å². The van der Waals surface area contributed by atoms with Crippen LogP contribution in [0.4, 0.5) is 0 Å². The highest BCUT2D eigenvalue weighted by atomic mass is 16.4. The maximum absolute atomic E-state index is 11.8. The van der Waals surface area contributed by atoms with Gasteiger partial charge < -0.3 is 21.0 Å². The van der Waals surface area contributed by atoms with E-state index in [2.05, 4.69) is 16.0 Å². The summed E-state index contributed by atoms with van der Waals surface area (Å²) in [6, 6.07) is -1.52. The first-order chi connectivity index (χ1) is 8.75. The molecule has 2 atom stereocenters. The number of carbonyl (C=O) groups is 2. The van der Waals surface area contributed by atoms with Crippen LogP contribution in [0.25, 0.3) is 0 Å². The van der Waals surface area contributed by atoms with E-state index in [-0.39, 0.29) is 11.9 Å². The quantitative estimate of drug-likeness (QED) is 0.169. The van der Waals surface area contributed by atoms with Crippen molar-refractivity contribution in [2.45, 2.75) is 38.8 Å². The Labute approximate surface area is 112 Å². The Kier molecular flexibility index (Phi) is 7.50. The van der Waals surface area contributed by atoms with Crippen LogP contribution < -0.4 is 32.6 Å². The number of rotatable bonds is 8. The van der Waals surface area contributed by atoms with Crippen LogP contribution in [0.5, 0.6) is 0 Å². The van der Waals surface area contributed by atoms with E-state index in [9.17, 15) is 14.7 Å². The largest absolute Gasteiger partial charge is 0.548 e. The molecule has 0 saturated carbocycles. The Hall–Kier alpha value is -1.83. The van der Waals surface area contributed by atoms with Gasteiger partial charge in [0.05, 0.1) is 18.6 Å². The highest BCUT2D eigenvalue weighted by molar-refractivity contribution is 5.85.